The molecule has 0 radical (unpaired) electrons. The van der Waals surface area contributed by atoms with E-state index in [1.54, 1.807) is 24.3 Å². The lowest BCUT2D eigenvalue weighted by molar-refractivity contribution is -0.133. The molecule has 0 aliphatic carbocycles. The van der Waals surface area contributed by atoms with Gasteiger partial charge in [-0.15, -0.1) is 0 Å². The van der Waals surface area contributed by atoms with E-state index in [0.717, 1.165) is 11.1 Å². The first kappa shape index (κ1) is 18.7. The summed E-state index contributed by atoms with van der Waals surface area (Å²) in [6.07, 6.45) is 0. The maximum absolute atomic E-state index is 12.4. The number of amides is 1. The Morgan fingerprint density at radius 1 is 1.07 bits per heavy atom. The molecule has 2 aromatic carbocycles. The number of rotatable bonds is 3. The fraction of sp³-hybridized carbons (Fsp3) is 0.273. The number of hydrogen-bond acceptors (Lipinski definition) is 4. The van der Waals surface area contributed by atoms with Gasteiger partial charge in [0.25, 0.3) is 11.7 Å². The van der Waals surface area contributed by atoms with Gasteiger partial charge in [0.2, 0.25) is 0 Å². The summed E-state index contributed by atoms with van der Waals surface area (Å²) in [6.45, 7) is 6.34. The molecule has 1 saturated heterocycles. The Morgan fingerprint density at radius 3 is 2.33 bits per heavy atom. The summed E-state index contributed by atoms with van der Waals surface area (Å²) in [4.78, 5) is 24.4. The van der Waals surface area contributed by atoms with Crippen molar-refractivity contribution in [1.29, 1.82) is 0 Å². The molecule has 0 spiro atoms. The zero-order valence-electron chi connectivity index (χ0n) is 15.9. The molecule has 0 bridgehead atoms. The highest BCUT2D eigenvalue weighted by Gasteiger charge is 2.39. The fourth-order valence-electron chi connectivity index (χ4n) is 3.12. The molecule has 27 heavy (non-hydrogen) atoms. The van der Waals surface area contributed by atoms with Crippen LogP contribution >= 0.6 is 0 Å². The van der Waals surface area contributed by atoms with E-state index in [2.05, 4.69) is 26.1 Å². The van der Waals surface area contributed by atoms with Crippen LogP contribution in [0, 0.1) is 0 Å². The summed E-state index contributed by atoms with van der Waals surface area (Å²) in [5, 5.41) is 13.4. The fourth-order valence-corrected chi connectivity index (χ4v) is 3.12. The van der Waals surface area contributed by atoms with E-state index in [1.165, 1.54) is 7.11 Å². The Hall–Kier alpha value is -3.08. The van der Waals surface area contributed by atoms with Crippen molar-refractivity contribution in [2.75, 3.05) is 7.11 Å². The van der Waals surface area contributed by atoms with Crippen molar-refractivity contribution in [1.82, 2.24) is 5.32 Å². The molecule has 5 heteroatoms. The summed E-state index contributed by atoms with van der Waals surface area (Å²) in [7, 11) is 1.52. The van der Waals surface area contributed by atoms with E-state index in [1.807, 2.05) is 24.3 Å². The highest BCUT2D eigenvalue weighted by atomic mass is 16.5. The lowest BCUT2D eigenvalue weighted by Crippen LogP contribution is -2.21. The number of benzene rings is 2. The van der Waals surface area contributed by atoms with Gasteiger partial charge in [0.05, 0.1) is 18.7 Å². The van der Waals surface area contributed by atoms with E-state index in [9.17, 15) is 14.7 Å². The van der Waals surface area contributed by atoms with Gasteiger partial charge < -0.3 is 15.2 Å². The number of ketones is 1. The molecular weight excluding hydrogens is 342 g/mol. The van der Waals surface area contributed by atoms with Crippen molar-refractivity contribution in [2.24, 2.45) is 0 Å². The number of Topliss-reactive ketones (excluding diaryl/α,β-unsaturated/α-hetero) is 1. The van der Waals surface area contributed by atoms with Gasteiger partial charge >= 0.3 is 0 Å². The predicted octanol–water partition coefficient (Wildman–Crippen LogP) is 3.70. The topological polar surface area (TPSA) is 75.6 Å². The van der Waals surface area contributed by atoms with Crippen LogP contribution in [0.5, 0.6) is 5.75 Å². The number of aliphatic hydroxyl groups excluding tert-OH is 1. The Labute approximate surface area is 158 Å². The Bertz CT molecular complexity index is 920. The van der Waals surface area contributed by atoms with E-state index in [4.69, 9.17) is 4.74 Å². The maximum atomic E-state index is 12.4. The van der Waals surface area contributed by atoms with Gasteiger partial charge in [0.1, 0.15) is 11.5 Å². The molecule has 1 fully saturated rings. The van der Waals surface area contributed by atoms with E-state index in [-0.39, 0.29) is 16.7 Å². The third-order valence-corrected chi connectivity index (χ3v) is 4.72. The van der Waals surface area contributed by atoms with Crippen molar-refractivity contribution < 1.29 is 19.4 Å². The van der Waals surface area contributed by atoms with Gasteiger partial charge in [-0.05, 0) is 28.7 Å². The molecule has 3 rings (SSSR count). The maximum Gasteiger partial charge on any atom is 0.293 e. The van der Waals surface area contributed by atoms with Crippen molar-refractivity contribution in [3.63, 3.8) is 0 Å². The molecule has 0 saturated carbocycles. The molecule has 2 N–H and O–H groups in total. The first-order chi connectivity index (χ1) is 12.7. The molecule has 1 aliphatic rings. The minimum Gasteiger partial charge on any atom is -0.507 e. The van der Waals surface area contributed by atoms with Crippen LogP contribution < -0.4 is 10.1 Å². The van der Waals surface area contributed by atoms with Gasteiger partial charge in [0.15, 0.2) is 0 Å². The summed E-state index contributed by atoms with van der Waals surface area (Å²) in [5.74, 6) is -1.11. The van der Waals surface area contributed by atoms with Gasteiger partial charge in [-0.25, -0.2) is 0 Å². The minimum absolute atomic E-state index is 0.00528. The van der Waals surface area contributed by atoms with Gasteiger partial charge in [-0.1, -0.05) is 57.2 Å². The Morgan fingerprint density at radius 2 is 1.74 bits per heavy atom. The highest BCUT2D eigenvalue weighted by Crippen LogP contribution is 2.34. The quantitative estimate of drug-likeness (QED) is 0.494. The van der Waals surface area contributed by atoms with Crippen molar-refractivity contribution in [2.45, 2.75) is 32.2 Å². The number of hydrogen-bond donors (Lipinski definition) is 2. The standard InChI is InChI=1S/C22H23NO4/c1-22(2,3)15-10-8-13(9-11-15)18-17(20(25)21(26)23-18)19(24)14-6-5-7-16(12-14)27-4/h5-12,18,24H,1-4H3,(H,23,26)/b19-17-. The number of carbonyl (C=O) groups is 2. The molecule has 1 atom stereocenters. The van der Waals surface area contributed by atoms with Gasteiger partial charge in [-0.3, -0.25) is 9.59 Å². The highest BCUT2D eigenvalue weighted by molar-refractivity contribution is 6.46. The molecule has 2 aromatic rings. The Balaban J connectivity index is 2.06. The lowest BCUT2D eigenvalue weighted by Gasteiger charge is -2.20. The second-order valence-corrected chi connectivity index (χ2v) is 7.60. The normalized spacial score (nSPS) is 19.0. The smallest absolute Gasteiger partial charge is 0.293 e. The van der Waals surface area contributed by atoms with Crippen LogP contribution in [0.25, 0.3) is 5.76 Å². The van der Waals surface area contributed by atoms with E-state index >= 15 is 0 Å². The second kappa shape index (κ2) is 6.91. The van der Waals surface area contributed by atoms with Crippen molar-refractivity contribution >= 4 is 17.4 Å². The third-order valence-electron chi connectivity index (χ3n) is 4.72. The molecule has 1 amide bonds. The molecule has 140 valence electrons. The van der Waals surface area contributed by atoms with E-state index < -0.39 is 17.7 Å². The summed E-state index contributed by atoms with van der Waals surface area (Å²) < 4.78 is 5.17. The number of nitrogens with one attached hydrogen (secondary N) is 1. The first-order valence-corrected chi connectivity index (χ1v) is 8.75. The molecule has 1 heterocycles. The van der Waals surface area contributed by atoms with Crippen molar-refractivity contribution in [3.8, 4) is 5.75 Å². The summed E-state index contributed by atoms with van der Waals surface area (Å²) in [5.41, 5.74) is 2.35. The Kier molecular flexibility index (Phi) is 4.79. The van der Waals surface area contributed by atoms with Gasteiger partial charge in [0, 0.05) is 5.56 Å². The van der Waals surface area contributed by atoms with Crippen molar-refractivity contribution in [3.05, 3.63) is 70.8 Å². The molecular formula is C22H23NO4. The zero-order valence-corrected chi connectivity index (χ0v) is 15.9. The number of methoxy groups -OCH3 is 1. The molecule has 0 aromatic heterocycles. The van der Waals surface area contributed by atoms with Crippen LogP contribution in [0.15, 0.2) is 54.1 Å². The van der Waals surface area contributed by atoms with Gasteiger partial charge in [-0.2, -0.15) is 0 Å². The molecule has 5 nitrogen and oxygen atoms in total. The monoisotopic (exact) mass is 365 g/mol. The van der Waals surface area contributed by atoms with Crippen LogP contribution in [-0.2, 0) is 15.0 Å². The van der Waals surface area contributed by atoms with E-state index in [0.29, 0.717) is 11.3 Å². The third kappa shape index (κ3) is 3.58. The lowest BCUT2D eigenvalue weighted by atomic mass is 9.85. The molecule has 1 unspecified atom stereocenters. The second-order valence-electron chi connectivity index (χ2n) is 7.60. The van der Waals surface area contributed by atoms with Crippen LogP contribution in [0.3, 0.4) is 0 Å². The summed E-state index contributed by atoms with van der Waals surface area (Å²) >= 11 is 0. The predicted molar refractivity (Wildman–Crippen MR) is 104 cm³/mol. The van der Waals surface area contributed by atoms with Crippen LogP contribution in [-0.4, -0.2) is 23.9 Å². The molecule has 1 aliphatic heterocycles. The zero-order chi connectivity index (χ0) is 19.8. The number of aliphatic hydroxyl groups is 1. The minimum atomic E-state index is -0.722. The average molecular weight is 365 g/mol. The average Bonchev–Trinajstić information content (AvgIpc) is 2.95. The number of carbonyl (C=O) groups excluding carboxylic acids is 2. The summed E-state index contributed by atoms with van der Waals surface area (Å²) in [6, 6.07) is 13.8. The number of ether oxygens (including phenoxy) is 1. The SMILES string of the molecule is COc1cccc(/C(O)=C2/C(=O)C(=O)NC2c2ccc(C(C)(C)C)cc2)c1. The first-order valence-electron chi connectivity index (χ1n) is 8.75. The largest absolute Gasteiger partial charge is 0.507 e. The van der Waals surface area contributed by atoms with Crippen LogP contribution in [0.1, 0.15) is 43.5 Å². The van der Waals surface area contributed by atoms with Crippen LogP contribution in [0.2, 0.25) is 0 Å². The van der Waals surface area contributed by atoms with Crippen LogP contribution in [0.4, 0.5) is 0 Å².